The van der Waals surface area contributed by atoms with Crippen molar-refractivity contribution in [2.45, 2.75) is 6.92 Å². The summed E-state index contributed by atoms with van der Waals surface area (Å²) in [4.78, 5) is 7.69. The summed E-state index contributed by atoms with van der Waals surface area (Å²) < 4.78 is 26.3. The first-order valence-electron chi connectivity index (χ1n) is 4.87. The third kappa shape index (κ3) is 2.30. The van der Waals surface area contributed by atoms with E-state index in [4.69, 9.17) is 5.73 Å². The zero-order valence-corrected chi connectivity index (χ0v) is 9.04. The number of hydrogen-bond acceptors (Lipinski definition) is 4. The van der Waals surface area contributed by atoms with Gasteiger partial charge in [-0.2, -0.15) is 0 Å². The van der Waals surface area contributed by atoms with E-state index < -0.39 is 11.6 Å². The van der Waals surface area contributed by atoms with E-state index in [1.807, 2.05) is 0 Å². The Hall–Kier alpha value is -2.24. The van der Waals surface area contributed by atoms with E-state index in [2.05, 4.69) is 15.3 Å². The quantitative estimate of drug-likeness (QED) is 0.840. The monoisotopic (exact) mass is 236 g/mol. The molecule has 0 radical (unpaired) electrons. The van der Waals surface area contributed by atoms with Gasteiger partial charge in [0.15, 0.2) is 0 Å². The number of hydrogen-bond donors (Lipinski definition) is 2. The van der Waals surface area contributed by atoms with Crippen LogP contribution < -0.4 is 11.1 Å². The van der Waals surface area contributed by atoms with Crippen molar-refractivity contribution in [3.05, 3.63) is 41.7 Å². The highest BCUT2D eigenvalue weighted by molar-refractivity contribution is 5.63. The van der Waals surface area contributed by atoms with Crippen LogP contribution in [0.15, 0.2) is 24.5 Å². The summed E-state index contributed by atoms with van der Waals surface area (Å²) in [6, 6.07) is 3.13. The molecule has 0 spiro atoms. The second-order valence-electron chi connectivity index (χ2n) is 3.48. The lowest BCUT2D eigenvalue weighted by Crippen LogP contribution is -2.03. The largest absolute Gasteiger partial charge is 0.383 e. The lowest BCUT2D eigenvalue weighted by atomic mass is 10.2. The standard InChI is InChI=1S/C11H10F2N4/c1-6-10(14)15-5-16-11(6)17-9-4-7(12)2-3-8(9)13/h2-5H,1H3,(H3,14,15,16,17). The summed E-state index contributed by atoms with van der Waals surface area (Å²) in [5.41, 5.74) is 6.17. The van der Waals surface area contributed by atoms with Crippen LogP contribution in [0.25, 0.3) is 0 Å². The molecule has 0 aliphatic rings. The first-order chi connectivity index (χ1) is 8.08. The van der Waals surface area contributed by atoms with E-state index in [9.17, 15) is 8.78 Å². The van der Waals surface area contributed by atoms with Crippen molar-refractivity contribution in [3.8, 4) is 0 Å². The third-order valence-electron chi connectivity index (χ3n) is 2.30. The second-order valence-corrected chi connectivity index (χ2v) is 3.48. The summed E-state index contributed by atoms with van der Waals surface area (Å²) in [7, 11) is 0. The van der Waals surface area contributed by atoms with Gasteiger partial charge in [-0.3, -0.25) is 0 Å². The SMILES string of the molecule is Cc1c(N)ncnc1Nc1cc(F)ccc1F. The Labute approximate surface area is 96.5 Å². The van der Waals surface area contributed by atoms with Crippen molar-refractivity contribution < 1.29 is 8.78 Å². The number of rotatable bonds is 2. The molecule has 0 bridgehead atoms. The molecule has 1 aromatic heterocycles. The van der Waals surface area contributed by atoms with Gasteiger partial charge >= 0.3 is 0 Å². The Balaban J connectivity index is 2.38. The molecule has 3 N–H and O–H groups in total. The number of nitrogens with one attached hydrogen (secondary N) is 1. The van der Waals surface area contributed by atoms with Gasteiger partial charge in [-0.15, -0.1) is 0 Å². The molecule has 1 heterocycles. The Morgan fingerprint density at radius 3 is 2.76 bits per heavy atom. The number of anilines is 3. The molecular weight excluding hydrogens is 226 g/mol. The van der Waals surface area contributed by atoms with Crippen molar-refractivity contribution in [1.82, 2.24) is 9.97 Å². The third-order valence-corrected chi connectivity index (χ3v) is 2.30. The van der Waals surface area contributed by atoms with Crippen LogP contribution in [0, 0.1) is 18.6 Å². The first-order valence-corrected chi connectivity index (χ1v) is 4.87. The van der Waals surface area contributed by atoms with Gasteiger partial charge in [0, 0.05) is 11.6 Å². The molecule has 0 fully saturated rings. The minimum atomic E-state index is -0.567. The van der Waals surface area contributed by atoms with Crippen LogP contribution in [0.4, 0.5) is 26.1 Å². The smallest absolute Gasteiger partial charge is 0.146 e. The fraction of sp³-hybridized carbons (Fsp3) is 0.0909. The maximum Gasteiger partial charge on any atom is 0.146 e. The van der Waals surface area contributed by atoms with Crippen molar-refractivity contribution >= 4 is 17.3 Å². The lowest BCUT2D eigenvalue weighted by molar-refractivity contribution is 0.603. The fourth-order valence-electron chi connectivity index (χ4n) is 1.31. The molecule has 0 aliphatic heterocycles. The minimum absolute atomic E-state index is 0.00574. The molecule has 4 nitrogen and oxygen atoms in total. The predicted molar refractivity (Wildman–Crippen MR) is 60.8 cm³/mol. The van der Waals surface area contributed by atoms with Crippen LogP contribution in [0.1, 0.15) is 5.56 Å². The van der Waals surface area contributed by atoms with Crippen LogP contribution >= 0.6 is 0 Å². The number of benzene rings is 1. The highest BCUT2D eigenvalue weighted by atomic mass is 19.1. The molecule has 2 aromatic rings. The average molecular weight is 236 g/mol. The number of nitrogens with zero attached hydrogens (tertiary/aromatic N) is 2. The summed E-state index contributed by atoms with van der Waals surface area (Å²) >= 11 is 0. The van der Waals surface area contributed by atoms with E-state index in [0.29, 0.717) is 17.2 Å². The first kappa shape index (κ1) is 11.3. The molecule has 17 heavy (non-hydrogen) atoms. The van der Waals surface area contributed by atoms with Crippen LogP contribution in [-0.4, -0.2) is 9.97 Å². The fourth-order valence-corrected chi connectivity index (χ4v) is 1.31. The molecule has 0 saturated heterocycles. The van der Waals surface area contributed by atoms with Crippen molar-refractivity contribution in [1.29, 1.82) is 0 Å². The van der Waals surface area contributed by atoms with E-state index >= 15 is 0 Å². The molecule has 0 unspecified atom stereocenters. The van der Waals surface area contributed by atoms with E-state index in [1.165, 1.54) is 6.33 Å². The van der Waals surface area contributed by atoms with Gasteiger partial charge in [0.1, 0.15) is 29.6 Å². The van der Waals surface area contributed by atoms with Crippen LogP contribution in [0.2, 0.25) is 0 Å². The zero-order valence-electron chi connectivity index (χ0n) is 9.04. The van der Waals surface area contributed by atoms with Gasteiger partial charge in [0.05, 0.1) is 5.69 Å². The molecular formula is C11H10F2N4. The van der Waals surface area contributed by atoms with E-state index in [-0.39, 0.29) is 5.69 Å². The van der Waals surface area contributed by atoms with Crippen LogP contribution in [0.3, 0.4) is 0 Å². The molecule has 0 atom stereocenters. The Bertz CT molecular complexity index is 557. The lowest BCUT2D eigenvalue weighted by Gasteiger charge is -2.10. The molecule has 0 saturated carbocycles. The molecule has 6 heteroatoms. The Morgan fingerprint density at radius 1 is 1.24 bits per heavy atom. The highest BCUT2D eigenvalue weighted by Gasteiger charge is 2.08. The molecule has 88 valence electrons. The Morgan fingerprint density at radius 2 is 2.00 bits per heavy atom. The molecule has 0 aliphatic carbocycles. The van der Waals surface area contributed by atoms with Gasteiger partial charge in [-0.05, 0) is 19.1 Å². The average Bonchev–Trinajstić information content (AvgIpc) is 2.30. The van der Waals surface area contributed by atoms with Crippen LogP contribution in [0.5, 0.6) is 0 Å². The minimum Gasteiger partial charge on any atom is -0.383 e. The number of aromatic nitrogens is 2. The van der Waals surface area contributed by atoms with Gasteiger partial charge in [0.25, 0.3) is 0 Å². The normalized spacial score (nSPS) is 10.3. The maximum absolute atomic E-state index is 13.4. The van der Waals surface area contributed by atoms with Crippen molar-refractivity contribution in [2.24, 2.45) is 0 Å². The van der Waals surface area contributed by atoms with Gasteiger partial charge in [0.2, 0.25) is 0 Å². The summed E-state index contributed by atoms with van der Waals surface area (Å²) in [6.07, 6.45) is 1.25. The summed E-state index contributed by atoms with van der Waals surface area (Å²) in [5.74, 6) is -0.460. The summed E-state index contributed by atoms with van der Waals surface area (Å²) in [5, 5.41) is 2.68. The molecule has 2 rings (SSSR count). The zero-order chi connectivity index (χ0) is 12.4. The topological polar surface area (TPSA) is 63.8 Å². The predicted octanol–water partition coefficient (Wildman–Crippen LogP) is 2.39. The van der Waals surface area contributed by atoms with Crippen molar-refractivity contribution in [3.63, 3.8) is 0 Å². The molecule has 0 amide bonds. The number of halogens is 2. The number of nitrogen functional groups attached to an aromatic ring is 1. The van der Waals surface area contributed by atoms with E-state index in [0.717, 1.165) is 18.2 Å². The summed E-state index contributed by atoms with van der Waals surface area (Å²) in [6.45, 7) is 1.69. The second kappa shape index (κ2) is 4.32. The Kier molecular flexibility index (Phi) is 2.86. The van der Waals surface area contributed by atoms with Gasteiger partial charge < -0.3 is 11.1 Å². The van der Waals surface area contributed by atoms with Crippen LogP contribution in [-0.2, 0) is 0 Å². The highest BCUT2D eigenvalue weighted by Crippen LogP contribution is 2.23. The number of nitrogens with two attached hydrogens (primary N) is 1. The van der Waals surface area contributed by atoms with Gasteiger partial charge in [-0.25, -0.2) is 18.7 Å². The maximum atomic E-state index is 13.4. The van der Waals surface area contributed by atoms with Crippen molar-refractivity contribution in [2.75, 3.05) is 11.1 Å². The van der Waals surface area contributed by atoms with Gasteiger partial charge in [-0.1, -0.05) is 0 Å². The van der Waals surface area contributed by atoms with E-state index in [1.54, 1.807) is 6.92 Å². The molecule has 1 aromatic carbocycles.